The van der Waals surface area contributed by atoms with E-state index in [0.29, 0.717) is 12.1 Å². The summed E-state index contributed by atoms with van der Waals surface area (Å²) in [5.74, 6) is -3.46. The zero-order valence-corrected chi connectivity index (χ0v) is 9.31. The van der Waals surface area contributed by atoms with Crippen molar-refractivity contribution in [3.63, 3.8) is 0 Å². The highest BCUT2D eigenvalue weighted by Gasteiger charge is 2.21. The summed E-state index contributed by atoms with van der Waals surface area (Å²) in [6, 6.07) is 0.789. The van der Waals surface area contributed by atoms with Gasteiger partial charge in [-0.25, -0.2) is 4.39 Å². The Labute approximate surface area is 100 Å². The first-order valence-electron chi connectivity index (χ1n) is 4.92. The first kappa shape index (κ1) is 14.0. The van der Waals surface area contributed by atoms with Gasteiger partial charge < -0.3 is 10.4 Å². The third-order valence-electron chi connectivity index (χ3n) is 2.04. The van der Waals surface area contributed by atoms with E-state index in [9.17, 15) is 23.7 Å². The van der Waals surface area contributed by atoms with Gasteiger partial charge in [-0.3, -0.25) is 14.9 Å². The normalized spacial score (nSPS) is 12.0. The van der Waals surface area contributed by atoms with Gasteiger partial charge in [0, 0.05) is 6.54 Å². The lowest BCUT2D eigenvalue weighted by atomic mass is 10.1. The van der Waals surface area contributed by atoms with E-state index in [1.54, 1.807) is 0 Å². The first-order chi connectivity index (χ1) is 8.32. The molecule has 0 saturated carbocycles. The van der Waals surface area contributed by atoms with Crippen molar-refractivity contribution < 1.29 is 23.6 Å². The summed E-state index contributed by atoms with van der Waals surface area (Å²) in [5.41, 5.74) is -1.70. The minimum atomic E-state index is -1.30. The molecule has 1 aromatic carbocycles. The molecule has 1 aromatic rings. The number of carbonyl (C=O) groups excluding carboxylic acids is 1. The number of amides is 1. The quantitative estimate of drug-likeness (QED) is 0.623. The van der Waals surface area contributed by atoms with Gasteiger partial charge in [-0.2, -0.15) is 4.39 Å². The Balaban J connectivity index is 3.01. The predicted octanol–water partition coefficient (Wildman–Crippen LogP) is 0.984. The maximum atomic E-state index is 13.4. The monoisotopic (exact) mass is 260 g/mol. The molecule has 0 spiro atoms. The second-order valence-corrected chi connectivity index (χ2v) is 3.60. The SMILES string of the molecule is CC(O)CNC(=O)c1cc(F)c([N+](=O)[O-])cc1F. The van der Waals surface area contributed by atoms with Crippen LogP contribution < -0.4 is 5.32 Å². The van der Waals surface area contributed by atoms with E-state index in [-0.39, 0.29) is 6.54 Å². The van der Waals surface area contributed by atoms with Crippen molar-refractivity contribution in [3.8, 4) is 0 Å². The fourth-order valence-electron chi connectivity index (χ4n) is 1.19. The molecule has 18 heavy (non-hydrogen) atoms. The first-order valence-corrected chi connectivity index (χ1v) is 4.92. The zero-order valence-electron chi connectivity index (χ0n) is 9.31. The molecule has 0 aliphatic carbocycles. The van der Waals surface area contributed by atoms with Crippen LogP contribution in [0.1, 0.15) is 17.3 Å². The summed E-state index contributed by atoms with van der Waals surface area (Å²) < 4.78 is 26.6. The highest BCUT2D eigenvalue weighted by molar-refractivity contribution is 5.94. The summed E-state index contributed by atoms with van der Waals surface area (Å²) >= 11 is 0. The van der Waals surface area contributed by atoms with Crippen LogP contribution in [0, 0.1) is 21.7 Å². The van der Waals surface area contributed by atoms with Crippen molar-refractivity contribution in [1.82, 2.24) is 5.32 Å². The van der Waals surface area contributed by atoms with Crippen LogP contribution in [0.4, 0.5) is 14.5 Å². The van der Waals surface area contributed by atoms with E-state index in [1.165, 1.54) is 6.92 Å². The summed E-state index contributed by atoms with van der Waals surface area (Å²) in [5, 5.41) is 21.4. The number of nitrogens with one attached hydrogen (secondary N) is 1. The van der Waals surface area contributed by atoms with Crippen molar-refractivity contribution in [2.24, 2.45) is 0 Å². The van der Waals surface area contributed by atoms with E-state index < -0.39 is 39.8 Å². The van der Waals surface area contributed by atoms with Gasteiger partial charge in [-0.1, -0.05) is 0 Å². The molecule has 0 aliphatic heterocycles. The molecule has 0 fully saturated rings. The molecule has 0 bridgehead atoms. The maximum Gasteiger partial charge on any atom is 0.307 e. The second-order valence-electron chi connectivity index (χ2n) is 3.60. The van der Waals surface area contributed by atoms with E-state index in [0.717, 1.165) is 0 Å². The number of hydrogen-bond acceptors (Lipinski definition) is 4. The molecule has 1 amide bonds. The topological polar surface area (TPSA) is 92.5 Å². The zero-order chi connectivity index (χ0) is 13.9. The molecule has 1 unspecified atom stereocenters. The largest absolute Gasteiger partial charge is 0.392 e. The average molecular weight is 260 g/mol. The number of carbonyl (C=O) groups is 1. The van der Waals surface area contributed by atoms with Crippen LogP contribution in [0.5, 0.6) is 0 Å². The Morgan fingerprint density at radius 1 is 1.50 bits per heavy atom. The maximum absolute atomic E-state index is 13.4. The molecule has 0 radical (unpaired) electrons. The van der Waals surface area contributed by atoms with Crippen molar-refractivity contribution in [2.75, 3.05) is 6.54 Å². The number of halogens is 2. The molecule has 1 rings (SSSR count). The molecule has 98 valence electrons. The molecule has 2 N–H and O–H groups in total. The molecule has 0 aromatic heterocycles. The lowest BCUT2D eigenvalue weighted by molar-refractivity contribution is -0.387. The fourth-order valence-corrected chi connectivity index (χ4v) is 1.19. The van der Waals surface area contributed by atoms with E-state index in [4.69, 9.17) is 5.11 Å². The van der Waals surface area contributed by atoms with Crippen molar-refractivity contribution in [1.29, 1.82) is 0 Å². The number of hydrogen-bond donors (Lipinski definition) is 2. The number of nitro groups is 1. The van der Waals surface area contributed by atoms with Gasteiger partial charge in [0.2, 0.25) is 5.82 Å². The summed E-state index contributed by atoms with van der Waals surface area (Å²) in [6.07, 6.45) is -0.847. The molecule has 0 aliphatic rings. The van der Waals surface area contributed by atoms with Crippen molar-refractivity contribution >= 4 is 11.6 Å². The molecule has 0 heterocycles. The van der Waals surface area contributed by atoms with Gasteiger partial charge >= 0.3 is 5.69 Å². The van der Waals surface area contributed by atoms with Crippen LogP contribution in [0.25, 0.3) is 0 Å². The molecule has 0 saturated heterocycles. The minimum absolute atomic E-state index is 0.142. The highest BCUT2D eigenvalue weighted by Crippen LogP contribution is 2.21. The Bertz CT molecular complexity index is 491. The fraction of sp³-hybridized carbons (Fsp3) is 0.300. The summed E-state index contributed by atoms with van der Waals surface area (Å²) in [7, 11) is 0. The number of aliphatic hydroxyl groups excluding tert-OH is 1. The summed E-state index contributed by atoms with van der Waals surface area (Å²) in [6.45, 7) is 1.25. The van der Waals surface area contributed by atoms with Crippen LogP contribution in [0.15, 0.2) is 12.1 Å². The van der Waals surface area contributed by atoms with Gasteiger partial charge in [-0.15, -0.1) is 0 Å². The number of rotatable bonds is 4. The summed E-state index contributed by atoms with van der Waals surface area (Å²) in [4.78, 5) is 20.7. The number of aliphatic hydroxyl groups is 1. The number of nitro benzene ring substituents is 1. The predicted molar refractivity (Wildman–Crippen MR) is 57.0 cm³/mol. The van der Waals surface area contributed by atoms with Crippen molar-refractivity contribution in [2.45, 2.75) is 13.0 Å². The average Bonchev–Trinajstić information content (AvgIpc) is 2.28. The lowest BCUT2D eigenvalue weighted by Gasteiger charge is -2.07. The Hall–Kier alpha value is -2.09. The second kappa shape index (κ2) is 5.50. The van der Waals surface area contributed by atoms with E-state index >= 15 is 0 Å². The van der Waals surface area contributed by atoms with E-state index in [2.05, 4.69) is 5.32 Å². The third kappa shape index (κ3) is 3.20. The Morgan fingerprint density at radius 3 is 2.61 bits per heavy atom. The molecule has 8 heteroatoms. The van der Waals surface area contributed by atoms with Gasteiger partial charge in [0.25, 0.3) is 5.91 Å². The van der Waals surface area contributed by atoms with E-state index in [1.807, 2.05) is 0 Å². The van der Waals surface area contributed by atoms with Crippen LogP contribution in [-0.2, 0) is 0 Å². The Morgan fingerprint density at radius 2 is 2.11 bits per heavy atom. The molecular formula is C10H10F2N2O4. The lowest BCUT2D eigenvalue weighted by Crippen LogP contribution is -2.31. The number of nitrogens with zero attached hydrogens (tertiary/aromatic N) is 1. The van der Waals surface area contributed by atoms with Crippen molar-refractivity contribution in [3.05, 3.63) is 39.4 Å². The van der Waals surface area contributed by atoms with Gasteiger partial charge in [-0.05, 0) is 13.0 Å². The van der Waals surface area contributed by atoms with Crippen LogP contribution in [-0.4, -0.2) is 28.6 Å². The molecular weight excluding hydrogens is 250 g/mol. The van der Waals surface area contributed by atoms with Gasteiger partial charge in [0.1, 0.15) is 5.82 Å². The van der Waals surface area contributed by atoms with Gasteiger partial charge in [0.05, 0.1) is 22.7 Å². The van der Waals surface area contributed by atoms with Crippen LogP contribution in [0.2, 0.25) is 0 Å². The Kier molecular flexibility index (Phi) is 4.27. The smallest absolute Gasteiger partial charge is 0.307 e. The molecule has 1 atom stereocenters. The third-order valence-corrected chi connectivity index (χ3v) is 2.04. The highest BCUT2D eigenvalue weighted by atomic mass is 19.1. The molecule has 6 nitrogen and oxygen atoms in total. The standard InChI is InChI=1S/C10H10F2N2O4/c1-5(15)4-13-10(16)6-2-8(12)9(14(17)18)3-7(6)11/h2-3,5,15H,4H2,1H3,(H,13,16). The number of benzene rings is 1. The van der Waals surface area contributed by atoms with Gasteiger partial charge in [0.15, 0.2) is 0 Å². The van der Waals surface area contributed by atoms with Crippen LogP contribution in [0.3, 0.4) is 0 Å². The minimum Gasteiger partial charge on any atom is -0.392 e. The van der Waals surface area contributed by atoms with Crippen LogP contribution >= 0.6 is 0 Å².